The Kier molecular flexibility index (Phi) is 22.2. The minimum absolute atomic E-state index is 0.570. The molecule has 0 spiro atoms. The van der Waals surface area contributed by atoms with Crippen molar-refractivity contribution in [1.82, 2.24) is 10.5 Å². The third-order valence-electron chi connectivity index (χ3n) is 4.42. The molecule has 0 aromatic carbocycles. The lowest BCUT2D eigenvalue weighted by Gasteiger charge is -2.19. The number of rotatable bonds is 7. The van der Waals surface area contributed by atoms with Crippen LogP contribution in [0.5, 0.6) is 0 Å². The number of hydrogen-bond donors (Lipinski definition) is 2. The molecule has 1 aromatic rings. The third kappa shape index (κ3) is 15.7. The van der Waals surface area contributed by atoms with E-state index in [4.69, 9.17) is 4.52 Å². The molecule has 2 heterocycles. The van der Waals surface area contributed by atoms with Crippen LogP contribution in [0.1, 0.15) is 112 Å². The summed E-state index contributed by atoms with van der Waals surface area (Å²) < 4.78 is 5.35. The van der Waals surface area contributed by atoms with Gasteiger partial charge in [-0.25, -0.2) is 0 Å². The van der Waals surface area contributed by atoms with Crippen LogP contribution in [0.2, 0.25) is 0 Å². The van der Waals surface area contributed by atoms with Crippen molar-refractivity contribution in [2.24, 2.45) is 5.92 Å². The van der Waals surface area contributed by atoms with E-state index >= 15 is 0 Å². The standard InChI is InChI=1S/C14H25N3O.C4H10.C3H8.C2H6/c1-3-11(2)4-9-16-14-10-13(17-18-14)12-5-7-15-8-6-12;1-3-4-2;1-3-2;1-2/h10-12,15-16H,3-9H2,1-2H3;3-4H2,1-2H3;3H2,1-2H3;1-2H3. The second-order valence-electron chi connectivity index (χ2n) is 7.08. The molecule has 0 aliphatic carbocycles. The van der Waals surface area contributed by atoms with E-state index in [1.807, 2.05) is 13.8 Å². The van der Waals surface area contributed by atoms with E-state index in [2.05, 4.69) is 63.4 Å². The first-order chi connectivity index (χ1) is 13.1. The molecule has 1 atom stereocenters. The van der Waals surface area contributed by atoms with E-state index in [0.717, 1.165) is 37.1 Å². The highest BCUT2D eigenvalue weighted by Crippen LogP contribution is 2.26. The van der Waals surface area contributed by atoms with Crippen LogP contribution in [-0.4, -0.2) is 24.8 Å². The average molecular weight is 384 g/mol. The monoisotopic (exact) mass is 383 g/mol. The Balaban J connectivity index is 0. The van der Waals surface area contributed by atoms with Gasteiger partial charge in [-0.2, -0.15) is 0 Å². The van der Waals surface area contributed by atoms with Gasteiger partial charge in [0.2, 0.25) is 5.88 Å². The molecule has 4 heteroatoms. The van der Waals surface area contributed by atoms with Gasteiger partial charge in [0.05, 0.1) is 5.69 Å². The van der Waals surface area contributed by atoms with Gasteiger partial charge < -0.3 is 15.2 Å². The number of nitrogens with zero attached hydrogens (tertiary/aromatic N) is 1. The highest BCUT2D eigenvalue weighted by molar-refractivity contribution is 5.32. The number of piperidine rings is 1. The molecule has 0 amide bonds. The minimum Gasteiger partial charge on any atom is -0.354 e. The fourth-order valence-corrected chi connectivity index (χ4v) is 2.33. The fourth-order valence-electron chi connectivity index (χ4n) is 2.33. The van der Waals surface area contributed by atoms with Crippen LogP contribution in [0.4, 0.5) is 5.88 Å². The van der Waals surface area contributed by atoms with E-state index in [9.17, 15) is 0 Å². The molecule has 1 aliphatic rings. The summed E-state index contributed by atoms with van der Waals surface area (Å²) in [6.07, 6.45) is 8.63. The average Bonchev–Trinajstić information content (AvgIpc) is 3.20. The minimum atomic E-state index is 0.570. The zero-order chi connectivity index (χ0) is 20.9. The number of nitrogens with one attached hydrogen (secondary N) is 2. The molecule has 0 radical (unpaired) electrons. The summed E-state index contributed by atoms with van der Waals surface area (Å²) in [5.41, 5.74) is 1.11. The third-order valence-corrected chi connectivity index (χ3v) is 4.42. The zero-order valence-electron chi connectivity index (χ0n) is 19.7. The van der Waals surface area contributed by atoms with E-state index in [1.54, 1.807) is 0 Å². The van der Waals surface area contributed by atoms with Crippen molar-refractivity contribution in [3.63, 3.8) is 0 Å². The number of anilines is 1. The van der Waals surface area contributed by atoms with Gasteiger partial charge in [0.1, 0.15) is 0 Å². The molecule has 2 rings (SSSR count). The Bertz CT molecular complexity index is 385. The van der Waals surface area contributed by atoms with Gasteiger partial charge in [-0.1, -0.05) is 86.2 Å². The highest BCUT2D eigenvalue weighted by atomic mass is 16.5. The van der Waals surface area contributed by atoms with E-state index in [0.29, 0.717) is 5.92 Å². The molecule has 1 saturated heterocycles. The Morgan fingerprint density at radius 1 is 1.11 bits per heavy atom. The van der Waals surface area contributed by atoms with Gasteiger partial charge in [-0.05, 0) is 38.3 Å². The predicted octanol–water partition coefficient (Wildman–Crippen LogP) is 7.24. The maximum Gasteiger partial charge on any atom is 0.224 e. The van der Waals surface area contributed by atoms with Crippen molar-refractivity contribution in [2.45, 2.75) is 106 Å². The van der Waals surface area contributed by atoms with E-state index in [-0.39, 0.29) is 0 Å². The van der Waals surface area contributed by atoms with Gasteiger partial charge in [0.15, 0.2) is 0 Å². The van der Waals surface area contributed by atoms with Crippen LogP contribution in [0, 0.1) is 5.92 Å². The second-order valence-corrected chi connectivity index (χ2v) is 7.08. The van der Waals surface area contributed by atoms with Crippen LogP contribution < -0.4 is 10.6 Å². The van der Waals surface area contributed by atoms with Crippen molar-refractivity contribution in [2.75, 3.05) is 25.0 Å². The van der Waals surface area contributed by atoms with Crippen molar-refractivity contribution in [3.8, 4) is 0 Å². The zero-order valence-corrected chi connectivity index (χ0v) is 19.7. The molecular weight excluding hydrogens is 334 g/mol. The molecular formula is C23H49N3O. The summed E-state index contributed by atoms with van der Waals surface area (Å²) in [6.45, 7) is 20.3. The van der Waals surface area contributed by atoms with Crippen LogP contribution >= 0.6 is 0 Å². The smallest absolute Gasteiger partial charge is 0.224 e. The first-order valence-electron chi connectivity index (χ1n) is 11.5. The molecule has 1 aliphatic heterocycles. The van der Waals surface area contributed by atoms with Gasteiger partial charge in [0, 0.05) is 18.5 Å². The summed E-state index contributed by atoms with van der Waals surface area (Å²) in [7, 11) is 0. The van der Waals surface area contributed by atoms with Crippen LogP contribution in [-0.2, 0) is 0 Å². The van der Waals surface area contributed by atoms with Crippen LogP contribution in [0.25, 0.3) is 0 Å². The predicted molar refractivity (Wildman–Crippen MR) is 122 cm³/mol. The highest BCUT2D eigenvalue weighted by Gasteiger charge is 2.18. The normalized spacial score (nSPS) is 14.5. The number of unbranched alkanes of at least 4 members (excludes halogenated alkanes) is 1. The number of aromatic nitrogens is 1. The largest absolute Gasteiger partial charge is 0.354 e. The van der Waals surface area contributed by atoms with Crippen LogP contribution in [0.15, 0.2) is 10.6 Å². The van der Waals surface area contributed by atoms with Gasteiger partial charge in [-0.15, -0.1) is 0 Å². The van der Waals surface area contributed by atoms with Crippen molar-refractivity contribution >= 4 is 5.88 Å². The summed E-state index contributed by atoms with van der Waals surface area (Å²) in [6, 6.07) is 2.08. The molecule has 0 saturated carbocycles. The van der Waals surface area contributed by atoms with Gasteiger partial charge in [-0.3, -0.25) is 0 Å². The molecule has 27 heavy (non-hydrogen) atoms. The van der Waals surface area contributed by atoms with Crippen molar-refractivity contribution in [1.29, 1.82) is 0 Å². The van der Waals surface area contributed by atoms with E-state index < -0.39 is 0 Å². The Morgan fingerprint density at radius 2 is 1.67 bits per heavy atom. The quantitative estimate of drug-likeness (QED) is 0.521. The fraction of sp³-hybridized carbons (Fsp3) is 0.870. The first kappa shape index (κ1) is 28.2. The number of hydrogen-bond acceptors (Lipinski definition) is 4. The van der Waals surface area contributed by atoms with Crippen molar-refractivity contribution < 1.29 is 4.52 Å². The second kappa shape index (κ2) is 21.3. The molecule has 162 valence electrons. The maximum absolute atomic E-state index is 5.35. The van der Waals surface area contributed by atoms with Gasteiger partial charge in [0.25, 0.3) is 0 Å². The molecule has 1 fully saturated rings. The summed E-state index contributed by atoms with van der Waals surface area (Å²) in [5.74, 6) is 2.16. The summed E-state index contributed by atoms with van der Waals surface area (Å²) in [4.78, 5) is 0. The molecule has 0 bridgehead atoms. The molecule has 1 aromatic heterocycles. The molecule has 2 N–H and O–H groups in total. The lowest BCUT2D eigenvalue weighted by Crippen LogP contribution is -2.26. The maximum atomic E-state index is 5.35. The van der Waals surface area contributed by atoms with Crippen LogP contribution in [0.3, 0.4) is 0 Å². The lowest BCUT2D eigenvalue weighted by atomic mass is 9.95. The lowest BCUT2D eigenvalue weighted by molar-refractivity contribution is 0.391. The molecule has 1 unspecified atom stereocenters. The Labute approximate surface area is 170 Å². The SMILES string of the molecule is CC.CCC.CCC(C)CCNc1cc(C2CCNCC2)no1.CCCC. The Morgan fingerprint density at radius 3 is 2.15 bits per heavy atom. The summed E-state index contributed by atoms with van der Waals surface area (Å²) in [5, 5.41) is 10.9. The summed E-state index contributed by atoms with van der Waals surface area (Å²) >= 11 is 0. The van der Waals surface area contributed by atoms with Crippen molar-refractivity contribution in [3.05, 3.63) is 11.8 Å². The topological polar surface area (TPSA) is 50.1 Å². The Hall–Kier alpha value is -1.03. The van der Waals surface area contributed by atoms with Gasteiger partial charge >= 0.3 is 0 Å². The molecule has 4 nitrogen and oxygen atoms in total. The first-order valence-corrected chi connectivity index (χ1v) is 11.5. The van der Waals surface area contributed by atoms with E-state index in [1.165, 1.54) is 44.9 Å².